The summed E-state index contributed by atoms with van der Waals surface area (Å²) in [5.74, 6) is 5.17. The van der Waals surface area contributed by atoms with Gasteiger partial charge in [0.15, 0.2) is 0 Å². The Balaban J connectivity index is 1.13. The smallest absolute Gasteiger partial charge is 0.0543 e. The number of benzene rings is 5. The molecule has 6 atom stereocenters. The second-order valence-corrected chi connectivity index (χ2v) is 16.5. The van der Waals surface area contributed by atoms with Crippen LogP contribution >= 0.6 is 0 Å². The molecule has 1 nitrogen and oxygen atoms in total. The topological polar surface area (TPSA) is 3.24 Å². The Morgan fingerprint density at radius 1 is 0.500 bits per heavy atom. The highest BCUT2D eigenvalue weighted by Gasteiger charge is 2.41. The maximum atomic E-state index is 2.57. The zero-order valence-electron chi connectivity index (χ0n) is 28.5. The third-order valence-corrected chi connectivity index (χ3v) is 13.7. The van der Waals surface area contributed by atoms with Gasteiger partial charge in [-0.15, -0.1) is 0 Å². The molecule has 5 aromatic rings. The van der Waals surface area contributed by atoms with Crippen LogP contribution in [0.5, 0.6) is 0 Å². The summed E-state index contributed by atoms with van der Waals surface area (Å²) in [6, 6.07) is 44.7. The van der Waals surface area contributed by atoms with Crippen molar-refractivity contribution in [2.24, 2.45) is 23.7 Å². The van der Waals surface area contributed by atoms with Crippen molar-refractivity contribution in [3.05, 3.63) is 138 Å². The van der Waals surface area contributed by atoms with Crippen molar-refractivity contribution in [1.29, 1.82) is 0 Å². The Morgan fingerprint density at radius 2 is 1.06 bits per heavy atom. The van der Waals surface area contributed by atoms with Crippen molar-refractivity contribution in [2.45, 2.75) is 82.5 Å². The summed E-state index contributed by atoms with van der Waals surface area (Å²) in [4.78, 5) is 2.57. The molecule has 0 spiro atoms. The molecule has 10 rings (SSSR count). The van der Waals surface area contributed by atoms with E-state index in [0.717, 1.165) is 35.5 Å². The van der Waals surface area contributed by atoms with Crippen molar-refractivity contribution in [3.8, 4) is 22.3 Å². The number of anilines is 3. The fraction of sp³-hybridized carbons (Fsp3) is 0.362. The lowest BCUT2D eigenvalue weighted by Crippen LogP contribution is -2.17. The van der Waals surface area contributed by atoms with Gasteiger partial charge in [-0.25, -0.2) is 0 Å². The van der Waals surface area contributed by atoms with Gasteiger partial charge in [0.1, 0.15) is 0 Å². The minimum Gasteiger partial charge on any atom is -0.310 e. The Morgan fingerprint density at radius 3 is 1.60 bits per heavy atom. The van der Waals surface area contributed by atoms with Gasteiger partial charge in [0, 0.05) is 22.4 Å². The first kappa shape index (κ1) is 28.9. The van der Waals surface area contributed by atoms with Gasteiger partial charge in [-0.1, -0.05) is 106 Å². The summed E-state index contributed by atoms with van der Waals surface area (Å²) in [6.07, 6.45) is 11.4. The Bertz CT molecular complexity index is 1910. The van der Waals surface area contributed by atoms with E-state index in [2.05, 4.69) is 134 Å². The van der Waals surface area contributed by atoms with Gasteiger partial charge in [-0.3, -0.25) is 0 Å². The van der Waals surface area contributed by atoms with Crippen LogP contribution < -0.4 is 4.90 Å². The summed E-state index contributed by atoms with van der Waals surface area (Å²) < 4.78 is 0. The molecule has 240 valence electrons. The summed E-state index contributed by atoms with van der Waals surface area (Å²) in [6.45, 7) is 4.81. The predicted octanol–water partition coefficient (Wildman–Crippen LogP) is 12.9. The van der Waals surface area contributed by atoms with E-state index in [-0.39, 0.29) is 5.41 Å². The quantitative estimate of drug-likeness (QED) is 0.181. The molecule has 48 heavy (non-hydrogen) atoms. The molecule has 0 N–H and O–H groups in total. The summed E-state index contributed by atoms with van der Waals surface area (Å²) in [7, 11) is 0. The maximum absolute atomic E-state index is 2.57. The maximum Gasteiger partial charge on any atom is 0.0543 e. The molecule has 1 heteroatoms. The third-order valence-electron chi connectivity index (χ3n) is 13.7. The summed E-state index contributed by atoms with van der Waals surface area (Å²) in [5, 5.41) is 0. The molecule has 5 aliphatic carbocycles. The minimum absolute atomic E-state index is 0.0706. The first-order chi connectivity index (χ1) is 23.5. The van der Waals surface area contributed by atoms with E-state index in [1.165, 1.54) is 102 Å². The largest absolute Gasteiger partial charge is 0.310 e. The lowest BCUT2D eigenvalue weighted by Gasteiger charge is -2.31. The number of nitrogens with zero attached hydrogens (tertiary/aromatic N) is 1. The van der Waals surface area contributed by atoms with Crippen molar-refractivity contribution in [2.75, 3.05) is 4.90 Å². The molecular formula is C47H47N. The minimum atomic E-state index is -0.0706. The van der Waals surface area contributed by atoms with Crippen LogP contribution in [0.2, 0.25) is 0 Å². The van der Waals surface area contributed by atoms with Gasteiger partial charge in [0.05, 0.1) is 5.69 Å². The van der Waals surface area contributed by atoms with Crippen LogP contribution in [0.4, 0.5) is 17.1 Å². The van der Waals surface area contributed by atoms with Gasteiger partial charge in [-0.05, 0) is 149 Å². The van der Waals surface area contributed by atoms with E-state index in [0.29, 0.717) is 0 Å². The van der Waals surface area contributed by atoms with Crippen molar-refractivity contribution in [1.82, 2.24) is 0 Å². The Labute approximate surface area is 287 Å². The van der Waals surface area contributed by atoms with E-state index >= 15 is 0 Å². The van der Waals surface area contributed by atoms with Crippen LogP contribution in [0.25, 0.3) is 22.3 Å². The Kier molecular flexibility index (Phi) is 6.59. The second-order valence-electron chi connectivity index (χ2n) is 16.5. The highest BCUT2D eigenvalue weighted by Crippen LogP contribution is 2.56. The fourth-order valence-corrected chi connectivity index (χ4v) is 11.2. The van der Waals surface area contributed by atoms with E-state index < -0.39 is 0 Å². The van der Waals surface area contributed by atoms with E-state index in [9.17, 15) is 0 Å². The van der Waals surface area contributed by atoms with Gasteiger partial charge in [0.2, 0.25) is 0 Å². The highest BCUT2D eigenvalue weighted by molar-refractivity contribution is 5.94. The average Bonchev–Trinajstić information content (AvgIpc) is 3.98. The molecule has 0 saturated heterocycles. The lowest BCUT2D eigenvalue weighted by atomic mass is 9.81. The number of fused-ring (bicyclic) bond motifs is 7. The molecule has 6 unspecified atom stereocenters. The van der Waals surface area contributed by atoms with Crippen LogP contribution in [-0.4, -0.2) is 0 Å². The van der Waals surface area contributed by atoms with Gasteiger partial charge in [0.25, 0.3) is 0 Å². The van der Waals surface area contributed by atoms with E-state index in [1.54, 1.807) is 11.1 Å². The van der Waals surface area contributed by atoms with Crippen LogP contribution in [0.15, 0.2) is 115 Å². The molecule has 0 aromatic heterocycles. The molecule has 5 aromatic carbocycles. The predicted molar refractivity (Wildman–Crippen MR) is 201 cm³/mol. The number of hydrogen-bond donors (Lipinski definition) is 0. The van der Waals surface area contributed by atoms with E-state index in [1.807, 2.05) is 0 Å². The lowest BCUT2D eigenvalue weighted by molar-refractivity contribution is 0.420. The molecule has 5 aliphatic rings. The fourth-order valence-electron chi connectivity index (χ4n) is 11.2. The van der Waals surface area contributed by atoms with Crippen molar-refractivity contribution >= 4 is 17.1 Å². The monoisotopic (exact) mass is 625 g/mol. The van der Waals surface area contributed by atoms with Gasteiger partial charge in [-0.2, -0.15) is 0 Å². The zero-order chi connectivity index (χ0) is 32.0. The SMILES string of the molecule is CC1(C)c2ccccc2-c2cc(-c3ccccc3)c(N(c3ccc(C4CC5CCC4C5)cc3)c3ccc(C4CC5CCC4C5)cc3)cc21. The Hall–Kier alpha value is -4.10. The molecule has 4 saturated carbocycles. The molecule has 0 aliphatic heterocycles. The van der Waals surface area contributed by atoms with Crippen LogP contribution in [-0.2, 0) is 5.41 Å². The average molecular weight is 626 g/mol. The van der Waals surface area contributed by atoms with Crippen LogP contribution in [0, 0.1) is 23.7 Å². The molecular weight excluding hydrogens is 579 g/mol. The highest BCUT2D eigenvalue weighted by atomic mass is 15.1. The number of hydrogen-bond acceptors (Lipinski definition) is 1. The molecule has 4 bridgehead atoms. The summed E-state index contributed by atoms with van der Waals surface area (Å²) in [5.41, 5.74) is 14.9. The molecule has 0 heterocycles. The molecule has 4 fully saturated rings. The normalized spacial score (nSPS) is 27.3. The summed E-state index contributed by atoms with van der Waals surface area (Å²) >= 11 is 0. The third kappa shape index (κ3) is 4.49. The standard InChI is InChI=1S/C47H47N/c1-47(2)44-11-7-6-10-39(44)43-28-42(32-8-4-3-5-9-32)46(29-45(43)47)48(37-20-16-33(17-21-37)40-26-30-12-14-35(40)24-30)38-22-18-34(19-23-38)41-27-31-13-15-36(41)25-31/h3-11,16-23,28-31,35-36,40-41H,12-15,24-27H2,1-2H3. The van der Waals surface area contributed by atoms with Gasteiger partial charge >= 0.3 is 0 Å². The van der Waals surface area contributed by atoms with Crippen molar-refractivity contribution < 1.29 is 0 Å². The molecule has 0 radical (unpaired) electrons. The van der Waals surface area contributed by atoms with Gasteiger partial charge < -0.3 is 4.90 Å². The van der Waals surface area contributed by atoms with Crippen molar-refractivity contribution in [3.63, 3.8) is 0 Å². The number of rotatable bonds is 6. The first-order valence-electron chi connectivity index (χ1n) is 18.8. The zero-order valence-corrected chi connectivity index (χ0v) is 28.5. The van der Waals surface area contributed by atoms with E-state index in [4.69, 9.17) is 0 Å². The van der Waals surface area contributed by atoms with Crippen LogP contribution in [0.3, 0.4) is 0 Å². The molecule has 0 amide bonds. The second kappa shape index (κ2) is 11.0. The van der Waals surface area contributed by atoms with Crippen LogP contribution in [0.1, 0.15) is 99.3 Å². The first-order valence-corrected chi connectivity index (χ1v) is 18.8.